The minimum atomic E-state index is 0.463. The summed E-state index contributed by atoms with van der Waals surface area (Å²) in [6.07, 6.45) is 3.76. The van der Waals surface area contributed by atoms with Crippen LogP contribution in [0.1, 0.15) is 33.1 Å². The average Bonchev–Trinajstić information content (AvgIpc) is 2.78. The maximum Gasteiger partial charge on any atom is 0.0509 e. The Morgan fingerprint density at radius 3 is 2.64 bits per heavy atom. The van der Waals surface area contributed by atoms with E-state index in [4.69, 9.17) is 10.6 Å². The molecule has 1 saturated heterocycles. The third-order valence-electron chi connectivity index (χ3n) is 3.92. The quantitative estimate of drug-likeness (QED) is 0.530. The molecule has 1 heterocycles. The summed E-state index contributed by atoms with van der Waals surface area (Å²) in [6.45, 7) is 6.47. The van der Waals surface area contributed by atoms with Crippen molar-refractivity contribution in [3.05, 3.63) is 0 Å². The summed E-state index contributed by atoms with van der Waals surface area (Å²) in [5.74, 6) is 7.03. The minimum Gasteiger partial charge on any atom is -0.381 e. The van der Waals surface area contributed by atoms with Crippen LogP contribution >= 0.6 is 0 Å². The van der Waals surface area contributed by atoms with Crippen molar-refractivity contribution in [3.8, 4) is 0 Å². The van der Waals surface area contributed by atoms with Crippen LogP contribution in [0.3, 0.4) is 0 Å². The Morgan fingerprint density at radius 1 is 1.50 bits per heavy atom. The Labute approximate surface area is 86.4 Å². The third-order valence-corrected chi connectivity index (χ3v) is 3.92. The van der Waals surface area contributed by atoms with Crippen LogP contribution < -0.4 is 11.3 Å². The highest BCUT2D eigenvalue weighted by Gasteiger charge is 2.51. The van der Waals surface area contributed by atoms with Crippen LogP contribution in [0.15, 0.2) is 0 Å². The van der Waals surface area contributed by atoms with E-state index >= 15 is 0 Å². The third kappa shape index (κ3) is 1.95. The first-order chi connectivity index (χ1) is 6.65. The van der Waals surface area contributed by atoms with E-state index in [1.165, 1.54) is 19.3 Å². The number of ether oxygens (including phenoxy) is 1. The summed E-state index contributed by atoms with van der Waals surface area (Å²) in [4.78, 5) is 0. The van der Waals surface area contributed by atoms with Gasteiger partial charge in [0.25, 0.3) is 0 Å². The van der Waals surface area contributed by atoms with E-state index in [-0.39, 0.29) is 0 Å². The first-order valence-corrected chi connectivity index (χ1v) is 5.69. The molecule has 0 aromatic rings. The van der Waals surface area contributed by atoms with E-state index in [0.29, 0.717) is 17.4 Å². The van der Waals surface area contributed by atoms with Crippen molar-refractivity contribution < 1.29 is 4.74 Å². The van der Waals surface area contributed by atoms with Crippen LogP contribution in [-0.2, 0) is 4.74 Å². The molecular weight excluding hydrogens is 176 g/mol. The lowest BCUT2D eigenvalue weighted by atomic mass is 9.88. The summed E-state index contributed by atoms with van der Waals surface area (Å²) < 4.78 is 5.52. The topological polar surface area (TPSA) is 47.3 Å². The van der Waals surface area contributed by atoms with Gasteiger partial charge in [-0.3, -0.25) is 11.3 Å². The van der Waals surface area contributed by atoms with Gasteiger partial charge in [0.05, 0.1) is 6.61 Å². The highest BCUT2D eigenvalue weighted by Crippen LogP contribution is 2.55. The van der Waals surface area contributed by atoms with E-state index in [2.05, 4.69) is 19.3 Å². The predicted molar refractivity (Wildman–Crippen MR) is 56.5 cm³/mol. The van der Waals surface area contributed by atoms with Crippen molar-refractivity contribution in [2.75, 3.05) is 13.2 Å². The second-order valence-corrected chi connectivity index (χ2v) is 5.47. The lowest BCUT2D eigenvalue weighted by Gasteiger charge is -2.30. The van der Waals surface area contributed by atoms with Crippen molar-refractivity contribution in [3.63, 3.8) is 0 Å². The maximum atomic E-state index is 5.66. The summed E-state index contributed by atoms with van der Waals surface area (Å²) >= 11 is 0. The smallest absolute Gasteiger partial charge is 0.0509 e. The zero-order valence-electron chi connectivity index (χ0n) is 9.25. The van der Waals surface area contributed by atoms with Gasteiger partial charge in [0, 0.05) is 12.6 Å². The largest absolute Gasteiger partial charge is 0.381 e. The molecule has 0 aromatic carbocycles. The van der Waals surface area contributed by atoms with E-state index < -0.39 is 0 Å². The molecule has 1 saturated carbocycles. The Bertz CT molecular complexity index is 199. The summed E-state index contributed by atoms with van der Waals surface area (Å²) in [5.41, 5.74) is 3.50. The van der Waals surface area contributed by atoms with Gasteiger partial charge in [0.2, 0.25) is 0 Å². The second-order valence-electron chi connectivity index (χ2n) is 5.47. The highest BCUT2D eigenvalue weighted by atomic mass is 16.5. The standard InChI is InChI=1S/C11H22N2O/c1-11(2)6-9(11)10(13-12)8-4-3-5-14-7-8/h8-10,13H,3-7,12H2,1-2H3. The van der Waals surface area contributed by atoms with Crippen LogP contribution in [0.2, 0.25) is 0 Å². The Kier molecular flexibility index (Phi) is 2.82. The summed E-state index contributed by atoms with van der Waals surface area (Å²) in [7, 11) is 0. The predicted octanol–water partition coefficient (Wildman–Crippen LogP) is 1.29. The molecule has 82 valence electrons. The number of hydrogen-bond donors (Lipinski definition) is 2. The van der Waals surface area contributed by atoms with Crippen molar-refractivity contribution in [1.29, 1.82) is 0 Å². The fourth-order valence-electron chi connectivity index (χ4n) is 2.75. The van der Waals surface area contributed by atoms with Gasteiger partial charge in [-0.2, -0.15) is 0 Å². The molecule has 0 bridgehead atoms. The first-order valence-electron chi connectivity index (χ1n) is 5.69. The fourth-order valence-corrected chi connectivity index (χ4v) is 2.75. The lowest BCUT2D eigenvalue weighted by molar-refractivity contribution is 0.0337. The van der Waals surface area contributed by atoms with Crippen LogP contribution in [0.5, 0.6) is 0 Å². The molecule has 1 aliphatic heterocycles. The second kappa shape index (κ2) is 3.80. The number of hydrogen-bond acceptors (Lipinski definition) is 3. The van der Waals surface area contributed by atoms with Crippen LogP contribution in [-0.4, -0.2) is 19.3 Å². The van der Waals surface area contributed by atoms with Crippen molar-refractivity contribution >= 4 is 0 Å². The van der Waals surface area contributed by atoms with E-state index in [9.17, 15) is 0 Å². The summed E-state index contributed by atoms with van der Waals surface area (Å²) in [5, 5.41) is 0. The molecule has 3 atom stereocenters. The van der Waals surface area contributed by atoms with Gasteiger partial charge in [-0.25, -0.2) is 0 Å². The molecule has 2 rings (SSSR count). The van der Waals surface area contributed by atoms with Gasteiger partial charge in [0.15, 0.2) is 0 Å². The highest BCUT2D eigenvalue weighted by molar-refractivity contribution is 5.03. The van der Waals surface area contributed by atoms with Gasteiger partial charge in [-0.1, -0.05) is 13.8 Å². The van der Waals surface area contributed by atoms with E-state index in [1.807, 2.05) is 0 Å². The molecule has 0 aromatic heterocycles. The number of rotatable bonds is 3. The maximum absolute atomic E-state index is 5.66. The Morgan fingerprint density at radius 2 is 2.21 bits per heavy atom. The molecule has 3 unspecified atom stereocenters. The van der Waals surface area contributed by atoms with Gasteiger partial charge < -0.3 is 4.74 Å². The van der Waals surface area contributed by atoms with Crippen molar-refractivity contribution in [2.45, 2.75) is 39.2 Å². The summed E-state index contributed by atoms with van der Waals surface area (Å²) in [6, 6.07) is 0.463. The molecule has 3 N–H and O–H groups in total. The molecule has 3 nitrogen and oxygen atoms in total. The van der Waals surface area contributed by atoms with Gasteiger partial charge in [-0.05, 0) is 36.5 Å². The lowest BCUT2D eigenvalue weighted by Crippen LogP contribution is -2.46. The Balaban J connectivity index is 1.92. The average molecular weight is 198 g/mol. The number of nitrogens with two attached hydrogens (primary N) is 1. The Hall–Kier alpha value is -0.120. The van der Waals surface area contributed by atoms with Gasteiger partial charge in [0.1, 0.15) is 0 Å². The minimum absolute atomic E-state index is 0.463. The molecular formula is C11H22N2O. The van der Waals surface area contributed by atoms with E-state index in [0.717, 1.165) is 19.1 Å². The van der Waals surface area contributed by atoms with Gasteiger partial charge in [-0.15, -0.1) is 0 Å². The van der Waals surface area contributed by atoms with Crippen LogP contribution in [0.4, 0.5) is 0 Å². The van der Waals surface area contributed by atoms with Crippen molar-refractivity contribution in [2.24, 2.45) is 23.1 Å². The molecule has 3 heteroatoms. The zero-order chi connectivity index (χ0) is 10.2. The molecule has 2 aliphatic rings. The van der Waals surface area contributed by atoms with Gasteiger partial charge >= 0.3 is 0 Å². The molecule has 1 aliphatic carbocycles. The SMILES string of the molecule is CC1(C)CC1C(NN)C1CCCOC1. The molecule has 0 radical (unpaired) electrons. The zero-order valence-corrected chi connectivity index (χ0v) is 9.25. The van der Waals surface area contributed by atoms with E-state index in [1.54, 1.807) is 0 Å². The molecule has 14 heavy (non-hydrogen) atoms. The fraction of sp³-hybridized carbons (Fsp3) is 1.00. The normalized spacial score (nSPS) is 37.9. The van der Waals surface area contributed by atoms with Crippen LogP contribution in [0.25, 0.3) is 0 Å². The van der Waals surface area contributed by atoms with Crippen molar-refractivity contribution in [1.82, 2.24) is 5.43 Å². The molecule has 0 spiro atoms. The monoisotopic (exact) mass is 198 g/mol. The first kappa shape index (κ1) is 10.4. The molecule has 0 amide bonds. The number of nitrogens with one attached hydrogen (secondary N) is 1. The van der Waals surface area contributed by atoms with Crippen LogP contribution in [0, 0.1) is 17.3 Å². The molecule has 2 fully saturated rings. The number of hydrazine groups is 1.